The summed E-state index contributed by atoms with van der Waals surface area (Å²) in [6.45, 7) is 4.55. The highest BCUT2D eigenvalue weighted by molar-refractivity contribution is 7.86. The maximum atomic E-state index is 14.5. The van der Waals surface area contributed by atoms with Crippen LogP contribution in [0.5, 0.6) is 0 Å². The second kappa shape index (κ2) is 6.71. The summed E-state index contributed by atoms with van der Waals surface area (Å²) in [5, 5.41) is 0.786. The number of halogens is 3. The Morgan fingerprint density at radius 2 is 1.96 bits per heavy atom. The van der Waals surface area contributed by atoms with Gasteiger partial charge in [-0.3, -0.25) is 4.99 Å². The summed E-state index contributed by atoms with van der Waals surface area (Å²) >= 11 is 12.4. The van der Waals surface area contributed by atoms with Crippen molar-refractivity contribution in [3.63, 3.8) is 0 Å². The van der Waals surface area contributed by atoms with Crippen LogP contribution in [0, 0.1) is 5.92 Å². The van der Waals surface area contributed by atoms with E-state index in [9.17, 15) is 8.09 Å². The standard InChI is InChI=1S/C15H17Cl2FN4OS/c1-9(2)15-12(16)3-11(4-13(15)17)21-24(18,23)22-6-10(7-22)14-5-19-8-20-14/h3-5,8-10,14H,6-7H2,1-2H3. The molecule has 0 N–H and O–H groups in total. The summed E-state index contributed by atoms with van der Waals surface area (Å²) in [6.07, 6.45) is 3.19. The van der Waals surface area contributed by atoms with Crippen LogP contribution in [0.4, 0.5) is 9.57 Å². The molecule has 0 bridgehead atoms. The molecule has 0 aromatic heterocycles. The molecule has 130 valence electrons. The molecule has 2 unspecified atom stereocenters. The molecule has 0 radical (unpaired) electrons. The zero-order valence-corrected chi connectivity index (χ0v) is 15.5. The second-order valence-electron chi connectivity index (χ2n) is 6.16. The summed E-state index contributed by atoms with van der Waals surface area (Å²) in [5.74, 6) is 0.230. The molecule has 9 heteroatoms. The highest BCUT2D eigenvalue weighted by Gasteiger charge is 2.39. The van der Waals surface area contributed by atoms with Crippen molar-refractivity contribution in [3.8, 4) is 0 Å². The average molecular weight is 391 g/mol. The van der Waals surface area contributed by atoms with Crippen molar-refractivity contribution in [2.45, 2.75) is 25.8 Å². The van der Waals surface area contributed by atoms with Crippen LogP contribution >= 0.6 is 23.2 Å². The lowest BCUT2D eigenvalue weighted by Crippen LogP contribution is -2.52. The molecule has 3 rings (SSSR count). The van der Waals surface area contributed by atoms with E-state index >= 15 is 0 Å². The predicted octanol–water partition coefficient (Wildman–Crippen LogP) is 4.43. The maximum Gasteiger partial charge on any atom is 0.275 e. The highest BCUT2D eigenvalue weighted by Crippen LogP contribution is 2.37. The van der Waals surface area contributed by atoms with Gasteiger partial charge >= 0.3 is 0 Å². The largest absolute Gasteiger partial charge is 0.275 e. The molecule has 1 aromatic rings. The average Bonchev–Trinajstić information content (AvgIpc) is 2.87. The summed E-state index contributed by atoms with van der Waals surface area (Å²) in [7, 11) is -4.01. The molecule has 1 fully saturated rings. The summed E-state index contributed by atoms with van der Waals surface area (Å²) in [6, 6.07) is 2.92. The molecule has 0 saturated carbocycles. The Morgan fingerprint density at radius 3 is 2.46 bits per heavy atom. The molecule has 2 atom stereocenters. The van der Waals surface area contributed by atoms with E-state index in [2.05, 4.69) is 14.3 Å². The van der Waals surface area contributed by atoms with Gasteiger partial charge in [0.25, 0.3) is 10.3 Å². The fourth-order valence-corrected chi connectivity index (χ4v) is 4.90. The lowest BCUT2D eigenvalue weighted by atomic mass is 9.95. The Bertz CT molecular complexity index is 792. The molecule has 24 heavy (non-hydrogen) atoms. The number of hydrogen-bond acceptors (Lipinski definition) is 4. The molecule has 1 saturated heterocycles. The third-order valence-electron chi connectivity index (χ3n) is 4.08. The third kappa shape index (κ3) is 3.49. The molecule has 0 spiro atoms. The van der Waals surface area contributed by atoms with E-state index in [1.807, 2.05) is 13.8 Å². The number of benzene rings is 1. The number of nitrogens with zero attached hydrogens (tertiary/aromatic N) is 4. The normalized spacial score (nSPS) is 23.5. The molecule has 2 heterocycles. The quantitative estimate of drug-likeness (QED) is 0.701. The van der Waals surface area contributed by atoms with E-state index in [1.54, 1.807) is 6.21 Å². The van der Waals surface area contributed by atoms with E-state index in [0.717, 1.165) is 5.56 Å². The minimum atomic E-state index is -4.01. The Morgan fingerprint density at radius 1 is 1.33 bits per heavy atom. The fourth-order valence-electron chi connectivity index (χ4n) is 2.76. The number of hydrogen-bond donors (Lipinski definition) is 0. The van der Waals surface area contributed by atoms with Crippen molar-refractivity contribution in [2.75, 3.05) is 13.1 Å². The van der Waals surface area contributed by atoms with Crippen LogP contribution in [0.15, 0.2) is 26.5 Å². The van der Waals surface area contributed by atoms with E-state index < -0.39 is 10.3 Å². The minimum absolute atomic E-state index is 0.0642. The van der Waals surface area contributed by atoms with Gasteiger partial charge in [-0.25, -0.2) is 4.99 Å². The van der Waals surface area contributed by atoms with Gasteiger partial charge < -0.3 is 0 Å². The van der Waals surface area contributed by atoms with Crippen LogP contribution in [0.3, 0.4) is 0 Å². The second-order valence-corrected chi connectivity index (χ2v) is 8.54. The lowest BCUT2D eigenvalue weighted by molar-refractivity contribution is 0.194. The first-order valence-electron chi connectivity index (χ1n) is 7.53. The zero-order valence-electron chi connectivity index (χ0n) is 13.2. The SMILES string of the molecule is CC(C)c1c(Cl)cc(N=S(=O)(F)N2CC(C3C=NC=N3)C2)cc1Cl. The van der Waals surface area contributed by atoms with Crippen molar-refractivity contribution in [1.82, 2.24) is 4.31 Å². The van der Waals surface area contributed by atoms with Crippen LogP contribution in [-0.2, 0) is 10.3 Å². The molecular formula is C15H17Cl2FN4OS. The van der Waals surface area contributed by atoms with Crippen LogP contribution < -0.4 is 0 Å². The van der Waals surface area contributed by atoms with Gasteiger partial charge in [0.05, 0.1) is 11.7 Å². The summed E-state index contributed by atoms with van der Waals surface area (Å²) in [5.41, 5.74) is 0.941. The van der Waals surface area contributed by atoms with E-state index in [1.165, 1.54) is 22.8 Å². The number of rotatable bonds is 4. The van der Waals surface area contributed by atoms with Gasteiger partial charge in [-0.05, 0) is 23.6 Å². The summed E-state index contributed by atoms with van der Waals surface area (Å²) in [4.78, 5) is 8.06. The Balaban J connectivity index is 1.79. The Kier molecular flexibility index (Phi) is 4.97. The highest BCUT2D eigenvalue weighted by atomic mass is 35.5. The topological polar surface area (TPSA) is 57.4 Å². The molecule has 2 aliphatic heterocycles. The van der Waals surface area contributed by atoms with Crippen LogP contribution in [0.1, 0.15) is 25.3 Å². The fraction of sp³-hybridized carbons (Fsp3) is 0.467. The van der Waals surface area contributed by atoms with Gasteiger partial charge in [0.1, 0.15) is 6.34 Å². The first-order chi connectivity index (χ1) is 11.3. The van der Waals surface area contributed by atoms with Gasteiger partial charge in [0, 0.05) is 35.3 Å². The van der Waals surface area contributed by atoms with Crippen molar-refractivity contribution in [1.29, 1.82) is 0 Å². The van der Waals surface area contributed by atoms with Crippen molar-refractivity contribution >= 4 is 51.7 Å². The molecule has 0 aliphatic carbocycles. The van der Waals surface area contributed by atoms with Gasteiger partial charge in [0.2, 0.25) is 0 Å². The number of aliphatic imine (C=N–C) groups is 2. The molecule has 5 nitrogen and oxygen atoms in total. The molecule has 1 aromatic carbocycles. The summed E-state index contributed by atoms with van der Waals surface area (Å²) < 4.78 is 31.8. The van der Waals surface area contributed by atoms with E-state index in [-0.39, 0.29) is 23.6 Å². The van der Waals surface area contributed by atoms with E-state index in [0.29, 0.717) is 23.1 Å². The zero-order chi connectivity index (χ0) is 17.5. The molecule has 2 aliphatic rings. The first-order valence-corrected chi connectivity index (χ1v) is 9.66. The van der Waals surface area contributed by atoms with Gasteiger partial charge in [0.15, 0.2) is 0 Å². The van der Waals surface area contributed by atoms with Gasteiger partial charge in [-0.2, -0.15) is 12.9 Å². The minimum Gasteiger partial charge on any atom is -0.264 e. The van der Waals surface area contributed by atoms with Crippen molar-refractivity contribution in [3.05, 3.63) is 27.7 Å². The first kappa shape index (κ1) is 17.8. The van der Waals surface area contributed by atoms with Crippen LogP contribution in [0.25, 0.3) is 0 Å². The smallest absolute Gasteiger partial charge is 0.264 e. The Labute approximate surface area is 151 Å². The third-order valence-corrected chi connectivity index (χ3v) is 6.08. The monoisotopic (exact) mass is 390 g/mol. The lowest BCUT2D eigenvalue weighted by Gasteiger charge is -2.38. The maximum absolute atomic E-state index is 14.5. The van der Waals surface area contributed by atoms with Gasteiger partial charge in [-0.1, -0.05) is 37.0 Å². The van der Waals surface area contributed by atoms with Gasteiger partial charge in [-0.15, -0.1) is 3.89 Å². The van der Waals surface area contributed by atoms with Crippen LogP contribution in [-0.4, -0.2) is 40.2 Å². The Hall–Kier alpha value is -1.02. The van der Waals surface area contributed by atoms with Crippen LogP contribution in [0.2, 0.25) is 10.0 Å². The molecular weight excluding hydrogens is 374 g/mol. The van der Waals surface area contributed by atoms with Crippen molar-refractivity contribution in [2.24, 2.45) is 20.3 Å². The predicted molar refractivity (Wildman–Crippen MR) is 97.7 cm³/mol. The van der Waals surface area contributed by atoms with E-state index in [4.69, 9.17) is 23.2 Å². The molecule has 0 amide bonds. The van der Waals surface area contributed by atoms with Crippen molar-refractivity contribution < 1.29 is 8.09 Å².